The molecule has 7 nitrogen and oxygen atoms in total. The zero-order valence-corrected chi connectivity index (χ0v) is 16.4. The van der Waals surface area contributed by atoms with E-state index in [1.54, 1.807) is 12.1 Å². The molecule has 0 aliphatic carbocycles. The van der Waals surface area contributed by atoms with Crippen LogP contribution in [0.5, 0.6) is 0 Å². The Morgan fingerprint density at radius 3 is 2.59 bits per heavy atom. The van der Waals surface area contributed by atoms with Crippen molar-refractivity contribution < 1.29 is 9.72 Å². The van der Waals surface area contributed by atoms with Crippen LogP contribution in [0.2, 0.25) is 0 Å². The van der Waals surface area contributed by atoms with Crippen molar-refractivity contribution in [3.05, 3.63) is 69.8 Å². The summed E-state index contributed by atoms with van der Waals surface area (Å²) in [4.78, 5) is 28.2. The molecule has 1 N–H and O–H groups in total. The predicted molar refractivity (Wildman–Crippen MR) is 112 cm³/mol. The second-order valence-electron chi connectivity index (χ2n) is 7.83. The van der Waals surface area contributed by atoms with Gasteiger partial charge >= 0.3 is 0 Å². The van der Waals surface area contributed by atoms with E-state index in [-0.39, 0.29) is 22.6 Å². The summed E-state index contributed by atoms with van der Waals surface area (Å²) < 4.78 is 0. The van der Waals surface area contributed by atoms with Gasteiger partial charge in [-0.25, -0.2) is 0 Å². The Labute approximate surface area is 170 Å². The molecule has 0 spiro atoms. The van der Waals surface area contributed by atoms with E-state index in [9.17, 15) is 14.9 Å². The van der Waals surface area contributed by atoms with Gasteiger partial charge in [0.05, 0.1) is 4.92 Å². The first-order chi connectivity index (χ1) is 14.1. The standard InChI is InChI=1S/C22H26N4O3/c27-22(23-19-10-13-24(16-19)15-17-6-2-1-3-7-17)18-8-9-20(21(14-18)26(28)29)25-11-4-5-12-25/h1-3,6-9,14,19H,4-5,10-13,15-16H2,(H,23,27). The Kier molecular flexibility index (Phi) is 5.76. The molecule has 1 unspecified atom stereocenters. The van der Waals surface area contributed by atoms with E-state index in [4.69, 9.17) is 0 Å². The third-order valence-corrected chi connectivity index (χ3v) is 5.74. The van der Waals surface area contributed by atoms with Gasteiger partial charge in [-0.05, 0) is 37.0 Å². The Hall–Kier alpha value is -2.93. The lowest BCUT2D eigenvalue weighted by Crippen LogP contribution is -2.37. The summed E-state index contributed by atoms with van der Waals surface area (Å²) >= 11 is 0. The average molecular weight is 394 g/mol. The smallest absolute Gasteiger partial charge is 0.293 e. The summed E-state index contributed by atoms with van der Waals surface area (Å²) in [6.07, 6.45) is 2.97. The van der Waals surface area contributed by atoms with Crippen LogP contribution < -0.4 is 10.2 Å². The van der Waals surface area contributed by atoms with Crippen LogP contribution in [0.3, 0.4) is 0 Å². The molecule has 2 aliphatic rings. The molecule has 29 heavy (non-hydrogen) atoms. The summed E-state index contributed by atoms with van der Waals surface area (Å²) in [5.41, 5.74) is 2.23. The summed E-state index contributed by atoms with van der Waals surface area (Å²) in [7, 11) is 0. The van der Waals surface area contributed by atoms with E-state index in [1.165, 1.54) is 11.6 Å². The van der Waals surface area contributed by atoms with Gasteiger partial charge in [-0.1, -0.05) is 30.3 Å². The molecule has 2 aliphatic heterocycles. The first kappa shape index (κ1) is 19.4. The number of nitrogens with one attached hydrogen (secondary N) is 1. The highest BCUT2D eigenvalue weighted by Gasteiger charge is 2.27. The first-order valence-corrected chi connectivity index (χ1v) is 10.2. The highest BCUT2D eigenvalue weighted by molar-refractivity contribution is 5.96. The van der Waals surface area contributed by atoms with Gasteiger partial charge in [0.1, 0.15) is 5.69 Å². The molecule has 4 rings (SSSR count). The molecule has 1 amide bonds. The van der Waals surface area contributed by atoms with E-state index >= 15 is 0 Å². The van der Waals surface area contributed by atoms with Crippen LogP contribution >= 0.6 is 0 Å². The number of rotatable bonds is 6. The fraction of sp³-hybridized carbons (Fsp3) is 0.409. The number of amides is 1. The van der Waals surface area contributed by atoms with Crippen molar-refractivity contribution in [2.75, 3.05) is 31.1 Å². The van der Waals surface area contributed by atoms with Crippen molar-refractivity contribution in [3.63, 3.8) is 0 Å². The lowest BCUT2D eigenvalue weighted by atomic mass is 10.1. The van der Waals surface area contributed by atoms with Crippen LogP contribution in [0, 0.1) is 10.1 Å². The zero-order chi connectivity index (χ0) is 20.2. The topological polar surface area (TPSA) is 78.7 Å². The number of benzene rings is 2. The minimum atomic E-state index is -0.387. The van der Waals surface area contributed by atoms with E-state index < -0.39 is 0 Å². The Bertz CT molecular complexity index is 881. The molecule has 2 aromatic rings. The van der Waals surface area contributed by atoms with Crippen LogP contribution in [0.25, 0.3) is 0 Å². The molecule has 0 saturated carbocycles. The van der Waals surface area contributed by atoms with Gasteiger partial charge in [-0.3, -0.25) is 19.8 Å². The van der Waals surface area contributed by atoms with Gasteiger partial charge in [0, 0.05) is 50.4 Å². The largest absolute Gasteiger partial charge is 0.366 e. The SMILES string of the molecule is O=C(NC1CCN(Cc2ccccc2)C1)c1ccc(N2CCCC2)c([N+](=O)[O-])c1. The number of nitro benzene ring substituents is 1. The van der Waals surface area contributed by atoms with Gasteiger partial charge in [-0.2, -0.15) is 0 Å². The van der Waals surface area contributed by atoms with Crippen LogP contribution in [0.15, 0.2) is 48.5 Å². The maximum Gasteiger partial charge on any atom is 0.293 e. The van der Waals surface area contributed by atoms with Crippen molar-refractivity contribution >= 4 is 17.3 Å². The summed E-state index contributed by atoms with van der Waals surface area (Å²) in [6.45, 7) is 4.23. The molecule has 2 heterocycles. The van der Waals surface area contributed by atoms with Crippen molar-refractivity contribution in [3.8, 4) is 0 Å². The molecule has 0 bridgehead atoms. The number of anilines is 1. The molecule has 7 heteroatoms. The zero-order valence-electron chi connectivity index (χ0n) is 16.4. The predicted octanol–water partition coefficient (Wildman–Crippen LogP) is 3.20. The molecule has 2 saturated heterocycles. The number of hydrogen-bond donors (Lipinski definition) is 1. The van der Waals surface area contributed by atoms with Gasteiger partial charge in [-0.15, -0.1) is 0 Å². The number of carbonyl (C=O) groups is 1. The van der Waals surface area contributed by atoms with Crippen molar-refractivity contribution in [2.45, 2.75) is 31.8 Å². The Morgan fingerprint density at radius 2 is 1.86 bits per heavy atom. The number of likely N-dealkylation sites (tertiary alicyclic amines) is 1. The number of carbonyl (C=O) groups excluding carboxylic acids is 1. The van der Waals surface area contributed by atoms with E-state index in [0.717, 1.165) is 52.0 Å². The third-order valence-electron chi connectivity index (χ3n) is 5.74. The van der Waals surface area contributed by atoms with Gasteiger partial charge in [0.25, 0.3) is 11.6 Å². The fourth-order valence-electron chi connectivity index (χ4n) is 4.24. The van der Waals surface area contributed by atoms with Gasteiger partial charge in [0.2, 0.25) is 0 Å². The second kappa shape index (κ2) is 8.61. The molecular formula is C22H26N4O3. The number of nitrogens with zero attached hydrogens (tertiary/aromatic N) is 3. The Balaban J connectivity index is 1.39. The van der Waals surface area contributed by atoms with Crippen molar-refractivity contribution in [1.82, 2.24) is 10.2 Å². The molecule has 2 fully saturated rings. The van der Waals surface area contributed by atoms with Gasteiger partial charge in [0.15, 0.2) is 0 Å². The number of hydrogen-bond acceptors (Lipinski definition) is 5. The highest BCUT2D eigenvalue weighted by Crippen LogP contribution is 2.31. The quantitative estimate of drug-likeness (QED) is 0.601. The van der Waals surface area contributed by atoms with E-state index in [0.29, 0.717) is 11.3 Å². The maximum absolute atomic E-state index is 12.7. The number of nitro groups is 1. The van der Waals surface area contributed by atoms with Crippen molar-refractivity contribution in [2.24, 2.45) is 0 Å². The fourth-order valence-corrected chi connectivity index (χ4v) is 4.24. The first-order valence-electron chi connectivity index (χ1n) is 10.2. The monoisotopic (exact) mass is 394 g/mol. The average Bonchev–Trinajstić information content (AvgIpc) is 3.40. The third kappa shape index (κ3) is 4.56. The lowest BCUT2D eigenvalue weighted by Gasteiger charge is -2.19. The van der Waals surface area contributed by atoms with Crippen LogP contribution in [0.4, 0.5) is 11.4 Å². The van der Waals surface area contributed by atoms with Crippen molar-refractivity contribution in [1.29, 1.82) is 0 Å². The molecule has 2 aromatic carbocycles. The van der Waals surface area contributed by atoms with Crippen LogP contribution in [0.1, 0.15) is 35.2 Å². The van der Waals surface area contributed by atoms with Crippen LogP contribution in [-0.4, -0.2) is 48.0 Å². The molecular weight excluding hydrogens is 368 g/mol. The molecule has 152 valence electrons. The highest BCUT2D eigenvalue weighted by atomic mass is 16.6. The minimum Gasteiger partial charge on any atom is -0.366 e. The molecule has 0 radical (unpaired) electrons. The second-order valence-corrected chi connectivity index (χ2v) is 7.83. The Morgan fingerprint density at radius 1 is 1.10 bits per heavy atom. The lowest BCUT2D eigenvalue weighted by molar-refractivity contribution is -0.384. The molecule has 0 aromatic heterocycles. The minimum absolute atomic E-state index is 0.0108. The maximum atomic E-state index is 12.7. The van der Waals surface area contributed by atoms with Crippen LogP contribution in [-0.2, 0) is 6.54 Å². The van der Waals surface area contributed by atoms with Gasteiger partial charge < -0.3 is 10.2 Å². The summed E-state index contributed by atoms with van der Waals surface area (Å²) in [5, 5.41) is 14.6. The summed E-state index contributed by atoms with van der Waals surface area (Å²) in [5.74, 6) is -0.243. The molecule has 1 atom stereocenters. The van der Waals surface area contributed by atoms with E-state index in [2.05, 4.69) is 22.3 Å². The normalized spacial score (nSPS) is 19.4. The summed E-state index contributed by atoms with van der Waals surface area (Å²) in [6, 6.07) is 15.2. The van der Waals surface area contributed by atoms with E-state index in [1.807, 2.05) is 23.1 Å².